The van der Waals surface area contributed by atoms with Gasteiger partial charge in [-0.15, -0.1) is 0 Å². The van der Waals surface area contributed by atoms with Crippen LogP contribution >= 0.6 is 0 Å². The van der Waals surface area contributed by atoms with Gasteiger partial charge in [0.15, 0.2) is 0 Å². The van der Waals surface area contributed by atoms with Crippen molar-refractivity contribution >= 4 is 17.6 Å². The quantitative estimate of drug-likeness (QED) is 0.846. The molecule has 2 aromatic carbocycles. The molecule has 2 aromatic rings. The predicted molar refractivity (Wildman–Crippen MR) is 117 cm³/mol. The second-order valence-corrected chi connectivity index (χ2v) is 8.37. The van der Waals surface area contributed by atoms with Gasteiger partial charge >= 0.3 is 6.03 Å². The molecule has 0 unspecified atom stereocenters. The highest BCUT2D eigenvalue weighted by Crippen LogP contribution is 2.31. The molecule has 0 bridgehead atoms. The average Bonchev–Trinajstić information content (AvgIpc) is 3.07. The second-order valence-electron chi connectivity index (χ2n) is 8.37. The molecule has 4 rings (SSSR count). The lowest BCUT2D eigenvalue weighted by Gasteiger charge is -2.35. The summed E-state index contributed by atoms with van der Waals surface area (Å²) < 4.78 is 5.71. The summed E-state index contributed by atoms with van der Waals surface area (Å²) in [6, 6.07) is 15.6. The number of ether oxygens (including phenoxy) is 1. The Kier molecular flexibility index (Phi) is 5.77. The Morgan fingerprint density at radius 2 is 1.67 bits per heavy atom. The number of fused-ring (bicyclic) bond motifs is 1. The van der Waals surface area contributed by atoms with Crippen molar-refractivity contribution in [2.75, 3.05) is 18.0 Å². The molecule has 1 fully saturated rings. The number of morpholine rings is 1. The molecule has 158 valence electrons. The summed E-state index contributed by atoms with van der Waals surface area (Å²) in [6.45, 7) is 7.67. The van der Waals surface area contributed by atoms with Gasteiger partial charge in [-0.05, 0) is 56.5 Å². The number of benzene rings is 2. The van der Waals surface area contributed by atoms with Gasteiger partial charge in [-0.3, -0.25) is 9.69 Å². The molecule has 1 saturated heterocycles. The molecular formula is C24H29N3O3. The zero-order valence-electron chi connectivity index (χ0n) is 17.8. The van der Waals surface area contributed by atoms with Crippen LogP contribution in [-0.2, 0) is 17.7 Å². The van der Waals surface area contributed by atoms with Crippen LogP contribution in [0.1, 0.15) is 42.3 Å². The maximum Gasteiger partial charge on any atom is 0.322 e. The van der Waals surface area contributed by atoms with Crippen molar-refractivity contribution in [1.29, 1.82) is 0 Å². The highest BCUT2D eigenvalue weighted by Gasteiger charge is 2.30. The summed E-state index contributed by atoms with van der Waals surface area (Å²) in [5.74, 6) is 0.0232. The van der Waals surface area contributed by atoms with Crippen LogP contribution in [0.5, 0.6) is 0 Å². The summed E-state index contributed by atoms with van der Waals surface area (Å²) in [6.07, 6.45) is 0.967. The summed E-state index contributed by atoms with van der Waals surface area (Å²) in [5, 5.41) is 3.01. The van der Waals surface area contributed by atoms with E-state index in [2.05, 4.69) is 18.3 Å². The molecule has 2 aliphatic heterocycles. The number of urea groups is 1. The molecule has 30 heavy (non-hydrogen) atoms. The molecule has 6 nitrogen and oxygen atoms in total. The summed E-state index contributed by atoms with van der Waals surface area (Å²) >= 11 is 0. The van der Waals surface area contributed by atoms with Crippen molar-refractivity contribution in [3.63, 3.8) is 0 Å². The summed E-state index contributed by atoms with van der Waals surface area (Å²) in [5.41, 5.74) is 3.81. The number of nitrogens with zero attached hydrogens (tertiary/aromatic N) is 2. The number of hydrogen-bond donors (Lipinski definition) is 1. The third kappa shape index (κ3) is 4.19. The van der Waals surface area contributed by atoms with E-state index >= 15 is 0 Å². The highest BCUT2D eigenvalue weighted by molar-refractivity contribution is 5.95. The van der Waals surface area contributed by atoms with Crippen LogP contribution in [-0.4, -0.2) is 48.2 Å². The first-order chi connectivity index (χ1) is 14.4. The van der Waals surface area contributed by atoms with Crippen LogP contribution in [0.2, 0.25) is 0 Å². The first kappa shape index (κ1) is 20.4. The Labute approximate surface area is 177 Å². The van der Waals surface area contributed by atoms with E-state index in [1.54, 1.807) is 0 Å². The van der Waals surface area contributed by atoms with Crippen LogP contribution < -0.4 is 10.2 Å². The lowest BCUT2D eigenvalue weighted by atomic mass is 10.1. The zero-order valence-corrected chi connectivity index (χ0v) is 17.8. The van der Waals surface area contributed by atoms with Crippen molar-refractivity contribution in [2.45, 2.75) is 52.0 Å². The topological polar surface area (TPSA) is 61.9 Å². The van der Waals surface area contributed by atoms with Gasteiger partial charge < -0.3 is 15.0 Å². The number of para-hydroxylation sites is 1. The lowest BCUT2D eigenvalue weighted by molar-refractivity contribution is -0.0586. The van der Waals surface area contributed by atoms with Gasteiger partial charge in [0, 0.05) is 36.9 Å². The number of carbonyl (C=O) groups is 2. The number of hydrogen-bond acceptors (Lipinski definition) is 3. The van der Waals surface area contributed by atoms with Gasteiger partial charge in [-0.1, -0.05) is 30.3 Å². The average molecular weight is 408 g/mol. The zero-order chi connectivity index (χ0) is 21.3. The van der Waals surface area contributed by atoms with Crippen molar-refractivity contribution < 1.29 is 14.3 Å². The van der Waals surface area contributed by atoms with E-state index in [-0.39, 0.29) is 30.2 Å². The van der Waals surface area contributed by atoms with Gasteiger partial charge in [-0.2, -0.15) is 0 Å². The van der Waals surface area contributed by atoms with Crippen molar-refractivity contribution in [1.82, 2.24) is 10.2 Å². The molecular weight excluding hydrogens is 378 g/mol. The van der Waals surface area contributed by atoms with Gasteiger partial charge in [0.2, 0.25) is 0 Å². The summed E-state index contributed by atoms with van der Waals surface area (Å²) in [7, 11) is 0. The molecule has 1 N–H and O–H groups in total. The SMILES string of the molecule is C[C@@H]1CN(C(=O)c2ccc(CNC(=O)N3c4ccccc4C[C@@H]3C)cc2)C[C@@H](C)O1. The molecule has 0 aromatic heterocycles. The standard InChI is InChI=1S/C24H29N3O3/c1-16-12-21-6-4-5-7-22(21)27(16)24(29)25-13-19-8-10-20(11-9-19)23(28)26-14-17(2)30-18(3)15-26/h4-11,16-18H,12-15H2,1-3H3,(H,25,29)/t16-,17+,18+/m0/s1. The number of anilines is 1. The van der Waals surface area contributed by atoms with Crippen LogP contribution in [0.4, 0.5) is 10.5 Å². The Bertz CT molecular complexity index is 918. The number of rotatable bonds is 3. The number of amides is 3. The summed E-state index contributed by atoms with van der Waals surface area (Å²) in [4.78, 5) is 29.2. The smallest absolute Gasteiger partial charge is 0.322 e. The third-order valence-corrected chi connectivity index (χ3v) is 5.78. The fraction of sp³-hybridized carbons (Fsp3) is 0.417. The Hall–Kier alpha value is -2.86. The minimum atomic E-state index is -0.0936. The van der Waals surface area contributed by atoms with Crippen molar-refractivity contribution in [3.8, 4) is 0 Å². The number of nitrogens with one attached hydrogen (secondary N) is 1. The Morgan fingerprint density at radius 3 is 2.37 bits per heavy atom. The van der Waals surface area contributed by atoms with E-state index in [1.165, 1.54) is 5.56 Å². The Balaban J connectivity index is 1.36. The monoisotopic (exact) mass is 407 g/mol. The molecule has 3 atom stereocenters. The first-order valence-corrected chi connectivity index (χ1v) is 10.6. The van der Waals surface area contributed by atoms with Gasteiger partial charge in [-0.25, -0.2) is 4.79 Å². The lowest BCUT2D eigenvalue weighted by Crippen LogP contribution is -2.48. The molecule has 3 amide bonds. The highest BCUT2D eigenvalue weighted by atomic mass is 16.5. The van der Waals surface area contributed by atoms with E-state index in [9.17, 15) is 9.59 Å². The second kappa shape index (κ2) is 8.48. The normalized spacial score (nSPS) is 23.2. The van der Waals surface area contributed by atoms with Gasteiger partial charge in [0.1, 0.15) is 0 Å². The molecule has 2 aliphatic rings. The Morgan fingerprint density at radius 1 is 1.00 bits per heavy atom. The first-order valence-electron chi connectivity index (χ1n) is 10.6. The van der Waals surface area contributed by atoms with Gasteiger partial charge in [0.25, 0.3) is 5.91 Å². The van der Waals surface area contributed by atoms with E-state index in [0.717, 1.165) is 17.7 Å². The predicted octanol–water partition coefficient (Wildman–Crippen LogP) is 3.60. The minimum absolute atomic E-state index is 0.0232. The minimum Gasteiger partial charge on any atom is -0.372 e. The fourth-order valence-electron chi connectivity index (χ4n) is 4.43. The fourth-order valence-corrected chi connectivity index (χ4v) is 4.43. The molecule has 6 heteroatoms. The van der Waals surface area contributed by atoms with Crippen LogP contribution in [0.25, 0.3) is 0 Å². The third-order valence-electron chi connectivity index (χ3n) is 5.78. The number of carbonyl (C=O) groups excluding carboxylic acids is 2. The molecule has 0 spiro atoms. The maximum absolute atomic E-state index is 12.8. The van der Waals surface area contributed by atoms with Crippen molar-refractivity contribution in [2.24, 2.45) is 0 Å². The van der Waals surface area contributed by atoms with Crippen LogP contribution in [0.15, 0.2) is 48.5 Å². The van der Waals surface area contributed by atoms with Crippen LogP contribution in [0.3, 0.4) is 0 Å². The van der Waals surface area contributed by atoms with E-state index in [4.69, 9.17) is 4.74 Å². The largest absolute Gasteiger partial charge is 0.372 e. The van der Waals surface area contributed by atoms with Crippen LogP contribution in [0, 0.1) is 0 Å². The maximum atomic E-state index is 12.8. The van der Waals surface area contributed by atoms with Gasteiger partial charge in [0.05, 0.1) is 12.2 Å². The van der Waals surface area contributed by atoms with E-state index < -0.39 is 0 Å². The van der Waals surface area contributed by atoms with E-state index in [1.807, 2.05) is 66.1 Å². The van der Waals surface area contributed by atoms with E-state index in [0.29, 0.717) is 25.2 Å². The molecule has 0 aliphatic carbocycles. The molecule has 0 saturated carbocycles. The van der Waals surface area contributed by atoms with Crippen molar-refractivity contribution in [3.05, 3.63) is 65.2 Å². The molecule has 2 heterocycles. The molecule has 0 radical (unpaired) electrons.